The molecule has 0 bridgehead atoms. The average molecular weight is 338 g/mol. The summed E-state index contributed by atoms with van der Waals surface area (Å²) in [6, 6.07) is 17.9. The lowest BCUT2D eigenvalue weighted by atomic mass is 10.0. The number of rotatable bonds is 4. The predicted octanol–water partition coefficient (Wildman–Crippen LogP) is 3.77. The topological polar surface area (TPSA) is 74.6 Å². The molecule has 2 aromatic carbocycles. The first-order chi connectivity index (χ1) is 11.6. The molecular weight excluding hydrogens is 324 g/mol. The van der Waals surface area contributed by atoms with Crippen LogP contribution in [-0.4, -0.2) is 16.2 Å². The fraction of sp³-hybridized carbons (Fsp3) is 0.0526. The van der Waals surface area contributed by atoms with Crippen molar-refractivity contribution in [3.05, 3.63) is 87.6 Å². The van der Waals surface area contributed by atoms with Crippen molar-refractivity contribution in [3.8, 4) is 15.5 Å². The highest BCUT2D eigenvalue weighted by Gasteiger charge is 2.23. The van der Waals surface area contributed by atoms with Gasteiger partial charge in [-0.05, 0) is 11.1 Å². The smallest absolute Gasteiger partial charge is 0.341 e. The van der Waals surface area contributed by atoms with E-state index in [1.54, 1.807) is 30.3 Å². The number of carboxylic acid groups (broad SMARTS) is 1. The minimum Gasteiger partial charge on any atom is -0.499 e. The molecule has 0 radical (unpaired) electrons. The zero-order valence-electron chi connectivity index (χ0n) is 12.6. The molecule has 2 N–H and O–H groups in total. The van der Waals surface area contributed by atoms with Crippen LogP contribution in [0.25, 0.3) is 10.4 Å². The summed E-state index contributed by atoms with van der Waals surface area (Å²) >= 11 is 0.920. The van der Waals surface area contributed by atoms with Gasteiger partial charge in [-0.3, -0.25) is 4.79 Å². The molecule has 0 fully saturated rings. The molecule has 0 saturated heterocycles. The Hall–Kier alpha value is -2.92. The van der Waals surface area contributed by atoms with Gasteiger partial charge in [0.05, 0.1) is 10.4 Å². The zero-order chi connectivity index (χ0) is 17.1. The molecule has 0 aliphatic heterocycles. The van der Waals surface area contributed by atoms with Crippen LogP contribution >= 0.6 is 11.3 Å². The first-order valence-corrected chi connectivity index (χ1v) is 8.11. The van der Waals surface area contributed by atoms with Crippen LogP contribution < -0.4 is 5.43 Å². The van der Waals surface area contributed by atoms with Crippen molar-refractivity contribution in [1.82, 2.24) is 0 Å². The molecule has 0 aliphatic carbocycles. The van der Waals surface area contributed by atoms with Gasteiger partial charge in [0.1, 0.15) is 5.56 Å². The van der Waals surface area contributed by atoms with Crippen LogP contribution in [0.15, 0.2) is 65.5 Å². The van der Waals surface area contributed by atoms with Crippen LogP contribution in [-0.2, 0) is 6.42 Å². The standard InChI is InChI=1S/C19H14O4S/c20-16-14(11-12-7-3-1-4-8-12)19(23)24-17(15(16)18(21)22)13-9-5-2-6-10-13/h1-10,23H,11H2,(H,21,22). The van der Waals surface area contributed by atoms with Crippen molar-refractivity contribution in [2.24, 2.45) is 0 Å². The van der Waals surface area contributed by atoms with Crippen LogP contribution in [0.5, 0.6) is 5.06 Å². The fourth-order valence-corrected chi connectivity index (χ4v) is 3.52. The molecule has 0 amide bonds. The van der Waals surface area contributed by atoms with Crippen LogP contribution in [0.3, 0.4) is 0 Å². The van der Waals surface area contributed by atoms with E-state index in [1.807, 2.05) is 30.3 Å². The number of benzene rings is 2. The lowest BCUT2D eigenvalue weighted by Gasteiger charge is -2.10. The average Bonchev–Trinajstić information content (AvgIpc) is 2.59. The van der Waals surface area contributed by atoms with E-state index in [9.17, 15) is 19.8 Å². The number of hydrogen-bond acceptors (Lipinski definition) is 4. The molecular formula is C19H14O4S. The van der Waals surface area contributed by atoms with E-state index in [1.165, 1.54) is 0 Å². The molecule has 0 unspecified atom stereocenters. The molecule has 1 heterocycles. The minimum absolute atomic E-state index is 0.114. The molecule has 0 spiro atoms. The summed E-state index contributed by atoms with van der Waals surface area (Å²) in [6.07, 6.45) is 0.192. The second-order valence-electron chi connectivity index (χ2n) is 5.25. The normalized spacial score (nSPS) is 10.5. The van der Waals surface area contributed by atoms with Crippen molar-refractivity contribution in [2.75, 3.05) is 0 Å². The Morgan fingerprint density at radius 3 is 2.12 bits per heavy atom. The van der Waals surface area contributed by atoms with Crippen molar-refractivity contribution in [2.45, 2.75) is 6.42 Å². The molecule has 0 aliphatic rings. The second kappa shape index (κ2) is 6.68. The number of aromatic hydroxyl groups is 1. The molecule has 0 saturated carbocycles. The molecule has 5 heteroatoms. The Morgan fingerprint density at radius 2 is 1.54 bits per heavy atom. The third kappa shape index (κ3) is 3.07. The highest BCUT2D eigenvalue weighted by molar-refractivity contribution is 7.17. The van der Waals surface area contributed by atoms with Gasteiger partial charge >= 0.3 is 5.97 Å². The van der Waals surface area contributed by atoms with Gasteiger partial charge in [0.15, 0.2) is 5.06 Å². The van der Waals surface area contributed by atoms with E-state index in [-0.39, 0.29) is 27.5 Å². The molecule has 1 aromatic heterocycles. The third-order valence-electron chi connectivity index (χ3n) is 3.66. The maximum absolute atomic E-state index is 12.7. The highest BCUT2D eigenvalue weighted by Crippen LogP contribution is 2.34. The lowest BCUT2D eigenvalue weighted by molar-refractivity contribution is 0.0696. The molecule has 24 heavy (non-hydrogen) atoms. The Kier molecular flexibility index (Phi) is 4.44. The lowest BCUT2D eigenvalue weighted by Crippen LogP contribution is -2.19. The molecule has 3 aromatic rings. The van der Waals surface area contributed by atoms with Crippen LogP contribution in [0, 0.1) is 0 Å². The zero-order valence-corrected chi connectivity index (χ0v) is 13.4. The van der Waals surface area contributed by atoms with Gasteiger partial charge in [0, 0.05) is 6.42 Å². The summed E-state index contributed by atoms with van der Waals surface area (Å²) in [5, 5.41) is 19.7. The van der Waals surface area contributed by atoms with Crippen molar-refractivity contribution in [1.29, 1.82) is 0 Å². The summed E-state index contributed by atoms with van der Waals surface area (Å²) in [5.74, 6) is -1.29. The van der Waals surface area contributed by atoms with Gasteiger partial charge < -0.3 is 10.2 Å². The Labute approximate surface area is 142 Å². The summed E-state index contributed by atoms with van der Waals surface area (Å²) in [5.41, 5.74) is 0.610. The Morgan fingerprint density at radius 1 is 0.958 bits per heavy atom. The minimum atomic E-state index is -1.29. The Balaban J connectivity index is 2.19. The second-order valence-corrected chi connectivity index (χ2v) is 6.25. The van der Waals surface area contributed by atoms with Gasteiger partial charge in [0.2, 0.25) is 5.43 Å². The van der Waals surface area contributed by atoms with Gasteiger partial charge in [-0.1, -0.05) is 72.0 Å². The summed E-state index contributed by atoms with van der Waals surface area (Å²) in [7, 11) is 0. The van der Waals surface area contributed by atoms with E-state index in [2.05, 4.69) is 0 Å². The third-order valence-corrected chi connectivity index (χ3v) is 4.74. The van der Waals surface area contributed by atoms with Crippen LogP contribution in [0.1, 0.15) is 21.5 Å². The first kappa shape index (κ1) is 16.0. The highest BCUT2D eigenvalue weighted by atomic mass is 32.1. The molecule has 120 valence electrons. The summed E-state index contributed by atoms with van der Waals surface area (Å²) in [6.45, 7) is 0. The number of carbonyl (C=O) groups is 1. The van der Waals surface area contributed by atoms with Crippen molar-refractivity contribution < 1.29 is 15.0 Å². The van der Waals surface area contributed by atoms with E-state index in [4.69, 9.17) is 0 Å². The maximum Gasteiger partial charge on any atom is 0.341 e. The van der Waals surface area contributed by atoms with Gasteiger partial charge in [-0.25, -0.2) is 4.79 Å². The largest absolute Gasteiger partial charge is 0.499 e. The van der Waals surface area contributed by atoms with Gasteiger partial charge in [-0.2, -0.15) is 0 Å². The van der Waals surface area contributed by atoms with Crippen LogP contribution in [0.2, 0.25) is 0 Å². The van der Waals surface area contributed by atoms with Gasteiger partial charge in [0.25, 0.3) is 0 Å². The quantitative estimate of drug-likeness (QED) is 0.759. The van der Waals surface area contributed by atoms with E-state index >= 15 is 0 Å². The summed E-state index contributed by atoms with van der Waals surface area (Å²) in [4.78, 5) is 24.6. The SMILES string of the molecule is O=C(O)c1c(-c2ccccc2)sc(O)c(Cc2ccccc2)c1=O. The molecule has 3 rings (SSSR count). The van der Waals surface area contributed by atoms with Crippen molar-refractivity contribution in [3.63, 3.8) is 0 Å². The monoisotopic (exact) mass is 338 g/mol. The Bertz CT molecular complexity index is 931. The maximum atomic E-state index is 12.7. The molecule has 0 atom stereocenters. The van der Waals surface area contributed by atoms with E-state index in [0.29, 0.717) is 5.56 Å². The first-order valence-electron chi connectivity index (χ1n) is 7.29. The van der Waals surface area contributed by atoms with Gasteiger partial charge in [-0.15, -0.1) is 0 Å². The summed E-state index contributed by atoms with van der Waals surface area (Å²) < 4.78 is 0. The predicted molar refractivity (Wildman–Crippen MR) is 93.9 cm³/mol. The number of carboxylic acids is 1. The van der Waals surface area contributed by atoms with Crippen LogP contribution in [0.4, 0.5) is 0 Å². The number of aromatic carboxylic acids is 1. The van der Waals surface area contributed by atoms with E-state index in [0.717, 1.165) is 16.9 Å². The molecule has 4 nitrogen and oxygen atoms in total. The van der Waals surface area contributed by atoms with E-state index < -0.39 is 11.4 Å². The van der Waals surface area contributed by atoms with Crippen molar-refractivity contribution >= 4 is 17.3 Å². The number of hydrogen-bond donors (Lipinski definition) is 2. The fourth-order valence-electron chi connectivity index (χ4n) is 2.50.